The van der Waals surface area contributed by atoms with E-state index in [4.69, 9.17) is 9.47 Å². The largest absolute Gasteiger partial charge is 0.479 e. The Morgan fingerprint density at radius 1 is 1.53 bits per heavy atom. The lowest BCUT2D eigenvalue weighted by molar-refractivity contribution is -0.143. The molecule has 5 heteroatoms. The number of nitrogens with zero attached hydrogens (tertiary/aromatic N) is 2. The lowest BCUT2D eigenvalue weighted by atomic mass is 10.0. The highest BCUT2D eigenvalue weighted by atomic mass is 16.5. The maximum atomic E-state index is 12.3. The van der Waals surface area contributed by atoms with Crippen molar-refractivity contribution in [3.63, 3.8) is 0 Å². The molecule has 1 rings (SSSR count). The van der Waals surface area contributed by atoms with Gasteiger partial charge in [-0.2, -0.15) is 0 Å². The highest BCUT2D eigenvalue weighted by Crippen LogP contribution is 2.16. The second-order valence-electron chi connectivity index (χ2n) is 5.09. The predicted molar refractivity (Wildman–Crippen MR) is 73.1 cm³/mol. The van der Waals surface area contributed by atoms with Gasteiger partial charge >= 0.3 is 0 Å². The van der Waals surface area contributed by atoms with E-state index < -0.39 is 6.10 Å². The normalized spacial score (nSPS) is 12.9. The minimum atomic E-state index is -0.565. The number of hydrogen-bond acceptors (Lipinski definition) is 4. The highest BCUT2D eigenvalue weighted by Gasteiger charge is 2.31. The summed E-state index contributed by atoms with van der Waals surface area (Å²) < 4.78 is 10.7. The van der Waals surface area contributed by atoms with Gasteiger partial charge in [-0.1, -0.05) is 0 Å². The second-order valence-corrected chi connectivity index (χ2v) is 5.09. The van der Waals surface area contributed by atoms with Crippen LogP contribution in [0.3, 0.4) is 0 Å². The van der Waals surface area contributed by atoms with Crippen molar-refractivity contribution >= 4 is 5.91 Å². The number of hydrogen-bond donors (Lipinski definition) is 0. The topological polar surface area (TPSA) is 51.7 Å². The fourth-order valence-corrected chi connectivity index (χ4v) is 1.69. The van der Waals surface area contributed by atoms with Gasteiger partial charge in [-0.15, -0.1) is 0 Å². The lowest BCUT2D eigenvalue weighted by Gasteiger charge is -2.36. The third kappa shape index (κ3) is 4.21. The number of methoxy groups -OCH3 is 1. The molecule has 1 aromatic heterocycles. The minimum Gasteiger partial charge on any atom is -0.479 e. The van der Waals surface area contributed by atoms with Crippen molar-refractivity contribution in [2.24, 2.45) is 0 Å². The third-order valence-electron chi connectivity index (χ3n) is 3.03. The molecular weight excluding hydrogens is 244 g/mol. The van der Waals surface area contributed by atoms with E-state index in [1.165, 1.54) is 0 Å². The molecule has 0 radical (unpaired) electrons. The Labute approximate surface area is 114 Å². The third-order valence-corrected chi connectivity index (χ3v) is 3.03. The van der Waals surface area contributed by atoms with Crippen molar-refractivity contribution in [1.29, 1.82) is 0 Å². The molecule has 0 aliphatic heterocycles. The molecule has 1 aromatic rings. The molecular formula is C14H22N2O3. The van der Waals surface area contributed by atoms with Crippen LogP contribution < -0.4 is 4.74 Å². The lowest BCUT2D eigenvalue weighted by Crippen LogP contribution is -2.52. The van der Waals surface area contributed by atoms with Gasteiger partial charge in [-0.3, -0.25) is 9.78 Å². The molecule has 0 N–H and O–H groups in total. The Bertz CT molecular complexity index is 406. The SMILES string of the molecule is COCC(C)(C)N(C)C(=O)[C@@H](C)Oc1cccnc1. The zero-order valence-corrected chi connectivity index (χ0v) is 12.2. The summed E-state index contributed by atoms with van der Waals surface area (Å²) in [6.07, 6.45) is 2.68. The summed E-state index contributed by atoms with van der Waals surface area (Å²) in [4.78, 5) is 17.9. The number of ether oxygens (including phenoxy) is 2. The molecule has 0 aromatic carbocycles. The molecule has 0 spiro atoms. The van der Waals surface area contributed by atoms with Crippen LogP contribution in [0.25, 0.3) is 0 Å². The van der Waals surface area contributed by atoms with E-state index in [-0.39, 0.29) is 11.4 Å². The van der Waals surface area contributed by atoms with E-state index >= 15 is 0 Å². The summed E-state index contributed by atoms with van der Waals surface area (Å²) >= 11 is 0. The average Bonchev–Trinajstić information content (AvgIpc) is 2.38. The van der Waals surface area contributed by atoms with Crippen LogP contribution in [0.1, 0.15) is 20.8 Å². The first-order valence-electron chi connectivity index (χ1n) is 6.22. The molecule has 0 aliphatic rings. The zero-order valence-electron chi connectivity index (χ0n) is 12.2. The van der Waals surface area contributed by atoms with Crippen molar-refractivity contribution < 1.29 is 14.3 Å². The van der Waals surface area contributed by atoms with Crippen LogP contribution in [0.5, 0.6) is 5.75 Å². The monoisotopic (exact) mass is 266 g/mol. The van der Waals surface area contributed by atoms with Gasteiger partial charge in [0.2, 0.25) is 0 Å². The van der Waals surface area contributed by atoms with Crippen molar-refractivity contribution in [1.82, 2.24) is 9.88 Å². The highest BCUT2D eigenvalue weighted by molar-refractivity contribution is 5.81. The van der Waals surface area contributed by atoms with E-state index in [9.17, 15) is 4.79 Å². The second kappa shape index (κ2) is 6.52. The fourth-order valence-electron chi connectivity index (χ4n) is 1.69. The van der Waals surface area contributed by atoms with E-state index in [1.807, 2.05) is 13.8 Å². The molecule has 0 bridgehead atoms. The number of carbonyl (C=O) groups is 1. The predicted octanol–water partition coefficient (Wildman–Crippen LogP) is 1.73. The van der Waals surface area contributed by atoms with E-state index in [0.29, 0.717) is 12.4 Å². The van der Waals surface area contributed by atoms with Crippen LogP contribution >= 0.6 is 0 Å². The van der Waals surface area contributed by atoms with Crippen molar-refractivity contribution in [2.45, 2.75) is 32.4 Å². The summed E-state index contributed by atoms with van der Waals surface area (Å²) in [5.74, 6) is 0.493. The summed E-state index contributed by atoms with van der Waals surface area (Å²) in [6, 6.07) is 3.54. The maximum Gasteiger partial charge on any atom is 0.263 e. The molecule has 19 heavy (non-hydrogen) atoms. The summed E-state index contributed by atoms with van der Waals surface area (Å²) in [6.45, 7) is 6.10. The Kier molecular flexibility index (Phi) is 5.30. The van der Waals surface area contributed by atoms with Crippen LogP contribution in [0, 0.1) is 0 Å². The number of likely N-dealkylation sites (N-methyl/N-ethyl adjacent to an activating group) is 1. The van der Waals surface area contributed by atoms with Crippen LogP contribution in [0.4, 0.5) is 0 Å². The van der Waals surface area contributed by atoms with E-state index in [0.717, 1.165) is 0 Å². The molecule has 0 saturated heterocycles. The van der Waals surface area contributed by atoms with Crippen molar-refractivity contribution in [3.05, 3.63) is 24.5 Å². The smallest absolute Gasteiger partial charge is 0.263 e. The van der Waals surface area contributed by atoms with Crippen LogP contribution in [-0.2, 0) is 9.53 Å². The number of pyridine rings is 1. The number of rotatable bonds is 6. The fraction of sp³-hybridized carbons (Fsp3) is 0.571. The van der Waals surface area contributed by atoms with E-state index in [2.05, 4.69) is 4.98 Å². The van der Waals surface area contributed by atoms with Crippen LogP contribution in [-0.4, -0.2) is 48.2 Å². The zero-order chi connectivity index (χ0) is 14.5. The Morgan fingerprint density at radius 2 is 2.21 bits per heavy atom. The van der Waals surface area contributed by atoms with Crippen LogP contribution in [0.15, 0.2) is 24.5 Å². The molecule has 1 heterocycles. The molecule has 1 amide bonds. The van der Waals surface area contributed by atoms with Crippen molar-refractivity contribution in [3.8, 4) is 5.75 Å². The minimum absolute atomic E-state index is 0.0918. The molecule has 5 nitrogen and oxygen atoms in total. The average molecular weight is 266 g/mol. The first kappa shape index (κ1) is 15.4. The van der Waals surface area contributed by atoms with E-state index in [1.54, 1.807) is 50.5 Å². The number of aromatic nitrogens is 1. The van der Waals surface area contributed by atoms with Crippen molar-refractivity contribution in [2.75, 3.05) is 20.8 Å². The first-order valence-corrected chi connectivity index (χ1v) is 6.22. The molecule has 0 unspecified atom stereocenters. The van der Waals surface area contributed by atoms with Gasteiger partial charge in [-0.25, -0.2) is 0 Å². The summed E-state index contributed by atoms with van der Waals surface area (Å²) in [7, 11) is 3.38. The molecule has 1 atom stereocenters. The van der Waals surface area contributed by atoms with Gasteiger partial charge in [0.05, 0.1) is 18.3 Å². The molecule has 0 fully saturated rings. The summed E-state index contributed by atoms with van der Waals surface area (Å²) in [5, 5.41) is 0. The molecule has 0 aliphatic carbocycles. The number of amides is 1. The van der Waals surface area contributed by atoms with Gasteiger partial charge in [0, 0.05) is 20.4 Å². The standard InChI is InChI=1S/C14H22N2O3/c1-11(19-12-7-6-8-15-9-12)13(17)16(4)14(2,3)10-18-5/h6-9,11H,10H2,1-5H3/t11-/m1/s1. The Hall–Kier alpha value is -1.62. The number of carbonyl (C=O) groups excluding carboxylic acids is 1. The van der Waals surface area contributed by atoms with Gasteiger partial charge < -0.3 is 14.4 Å². The first-order chi connectivity index (χ1) is 8.88. The molecule has 0 saturated carbocycles. The van der Waals surface area contributed by atoms with Gasteiger partial charge in [0.25, 0.3) is 5.91 Å². The van der Waals surface area contributed by atoms with Gasteiger partial charge in [0.1, 0.15) is 5.75 Å². The summed E-state index contributed by atoms with van der Waals surface area (Å²) in [5.41, 5.74) is -0.377. The van der Waals surface area contributed by atoms with Crippen LogP contribution in [0.2, 0.25) is 0 Å². The van der Waals surface area contributed by atoms with Gasteiger partial charge in [0.15, 0.2) is 6.10 Å². The maximum absolute atomic E-state index is 12.3. The molecule has 106 valence electrons. The van der Waals surface area contributed by atoms with Gasteiger partial charge in [-0.05, 0) is 32.9 Å². The Balaban J connectivity index is 2.66. The quantitative estimate of drug-likeness (QED) is 0.787. The Morgan fingerprint density at radius 3 is 2.74 bits per heavy atom.